The molecule has 0 N–H and O–H groups in total. The summed E-state index contributed by atoms with van der Waals surface area (Å²) >= 11 is 0. The summed E-state index contributed by atoms with van der Waals surface area (Å²) in [6.45, 7) is 15.6. The maximum Gasteiger partial charge on any atom is 0.491 e. The Bertz CT molecular complexity index is 753. The molecule has 148 valence electrons. The van der Waals surface area contributed by atoms with Crippen molar-refractivity contribution in [1.82, 2.24) is 0 Å². The van der Waals surface area contributed by atoms with Crippen molar-refractivity contribution in [3.8, 4) is 0 Å². The van der Waals surface area contributed by atoms with Gasteiger partial charge in [-0.05, 0) is 64.6 Å². The van der Waals surface area contributed by atoms with Gasteiger partial charge in [-0.2, -0.15) is 0 Å². The van der Waals surface area contributed by atoms with Crippen LogP contribution in [0.1, 0.15) is 53.4 Å². The molecule has 1 aromatic rings. The van der Waals surface area contributed by atoms with Crippen molar-refractivity contribution in [2.45, 2.75) is 74.7 Å². The van der Waals surface area contributed by atoms with Gasteiger partial charge in [0.05, 0.1) is 21.3 Å². The molecule has 1 aliphatic rings. The maximum atomic E-state index is 13.3. The molecule has 27 heavy (non-hydrogen) atoms. The first-order chi connectivity index (χ1) is 12.5. The van der Waals surface area contributed by atoms with Crippen LogP contribution in [0.5, 0.6) is 0 Å². The van der Waals surface area contributed by atoms with E-state index in [1.807, 2.05) is 33.8 Å². The Morgan fingerprint density at radius 3 is 2.19 bits per heavy atom. The van der Waals surface area contributed by atoms with Crippen LogP contribution in [0.15, 0.2) is 59.9 Å². The van der Waals surface area contributed by atoms with Gasteiger partial charge in [0.25, 0.3) is 0 Å². The van der Waals surface area contributed by atoms with Crippen molar-refractivity contribution in [2.24, 2.45) is 0 Å². The van der Waals surface area contributed by atoms with E-state index in [1.165, 1.54) is 0 Å². The van der Waals surface area contributed by atoms with E-state index in [2.05, 4.69) is 13.2 Å². The second kappa shape index (κ2) is 8.33. The lowest BCUT2D eigenvalue weighted by Gasteiger charge is -2.32. The smallest absolute Gasteiger partial charge is 0.400 e. The molecule has 1 unspecified atom stereocenters. The molecule has 0 saturated carbocycles. The average Bonchev–Trinajstić information content (AvgIpc) is 2.83. The van der Waals surface area contributed by atoms with Gasteiger partial charge >= 0.3 is 7.12 Å². The molecule has 1 aromatic carbocycles. The molecule has 1 aliphatic heterocycles. The van der Waals surface area contributed by atoms with E-state index in [0.29, 0.717) is 16.8 Å². The monoisotopic (exact) mass is 390 g/mol. The Morgan fingerprint density at radius 1 is 1.11 bits per heavy atom. The number of sulfone groups is 1. The first-order valence-electron chi connectivity index (χ1n) is 9.47. The lowest BCUT2D eigenvalue weighted by Crippen LogP contribution is -2.41. The predicted octanol–water partition coefficient (Wildman–Crippen LogP) is 4.76. The number of allylic oxidation sites excluding steroid dienone is 1. The van der Waals surface area contributed by atoms with Crippen molar-refractivity contribution in [3.05, 3.63) is 55.0 Å². The van der Waals surface area contributed by atoms with Crippen LogP contribution in [0.2, 0.25) is 0 Å². The Morgan fingerprint density at radius 2 is 1.67 bits per heavy atom. The maximum absolute atomic E-state index is 13.3. The molecule has 1 heterocycles. The number of hydrogen-bond acceptors (Lipinski definition) is 4. The third-order valence-corrected chi connectivity index (χ3v) is 7.76. The zero-order valence-corrected chi connectivity index (χ0v) is 17.7. The molecule has 0 spiro atoms. The van der Waals surface area contributed by atoms with Gasteiger partial charge in [0, 0.05) is 0 Å². The van der Waals surface area contributed by atoms with Gasteiger partial charge in [-0.1, -0.05) is 30.7 Å². The summed E-state index contributed by atoms with van der Waals surface area (Å²) in [5.41, 5.74) is -0.606. The van der Waals surface area contributed by atoms with E-state index < -0.39 is 33.4 Å². The summed E-state index contributed by atoms with van der Waals surface area (Å²) in [4.78, 5) is 0.302. The van der Waals surface area contributed by atoms with E-state index in [1.54, 1.807) is 30.3 Å². The van der Waals surface area contributed by atoms with E-state index in [9.17, 15) is 8.42 Å². The zero-order valence-electron chi connectivity index (χ0n) is 16.9. The SMILES string of the molecule is C=CCCCCC(C(=C)B1OC(C)(C)C(C)(C)O1)S(=O)(=O)c1ccccc1. The van der Waals surface area contributed by atoms with Gasteiger partial charge in [0.2, 0.25) is 0 Å². The molecule has 0 radical (unpaired) electrons. The van der Waals surface area contributed by atoms with Crippen LogP contribution in [0.4, 0.5) is 0 Å². The number of unbranched alkanes of at least 4 members (excludes halogenated alkanes) is 2. The van der Waals surface area contributed by atoms with Crippen LogP contribution in [-0.4, -0.2) is 32.0 Å². The minimum Gasteiger partial charge on any atom is -0.400 e. The fourth-order valence-corrected chi connectivity index (χ4v) is 4.93. The zero-order chi connectivity index (χ0) is 20.3. The van der Waals surface area contributed by atoms with Gasteiger partial charge in [-0.25, -0.2) is 8.42 Å². The summed E-state index contributed by atoms with van der Waals surface area (Å²) in [6.07, 6.45) is 4.85. The molecule has 0 bridgehead atoms. The lowest BCUT2D eigenvalue weighted by molar-refractivity contribution is 0.00578. The normalized spacial score (nSPS) is 19.6. The fraction of sp³-hybridized carbons (Fsp3) is 0.524. The Kier molecular flexibility index (Phi) is 6.77. The van der Waals surface area contributed by atoms with E-state index in [4.69, 9.17) is 9.31 Å². The highest BCUT2D eigenvalue weighted by Gasteiger charge is 2.54. The minimum atomic E-state index is -3.58. The molecule has 0 aromatic heterocycles. The largest absolute Gasteiger partial charge is 0.491 e. The van der Waals surface area contributed by atoms with Crippen LogP contribution < -0.4 is 0 Å². The second-order valence-electron chi connectivity index (χ2n) is 8.08. The first kappa shape index (κ1) is 21.9. The second-order valence-corrected chi connectivity index (χ2v) is 10.2. The standard InChI is InChI=1S/C21H31BO4S/c1-7-8-9-13-16-19(27(23,24)18-14-11-10-12-15-18)17(2)22-25-20(3,4)21(5,6)26-22/h7,10-12,14-15,19H,1-2,8-9,13,16H2,3-6H3. The summed E-state index contributed by atoms with van der Waals surface area (Å²) in [7, 11) is -4.32. The van der Waals surface area contributed by atoms with Gasteiger partial charge in [0.1, 0.15) is 0 Å². The predicted molar refractivity (Wildman–Crippen MR) is 111 cm³/mol. The average molecular weight is 390 g/mol. The molecule has 0 amide bonds. The Labute approximate surface area is 164 Å². The topological polar surface area (TPSA) is 52.6 Å². The third kappa shape index (κ3) is 4.73. The molecular weight excluding hydrogens is 359 g/mol. The van der Waals surface area contributed by atoms with E-state index >= 15 is 0 Å². The van der Waals surface area contributed by atoms with Crippen LogP contribution in [0, 0.1) is 0 Å². The molecule has 0 aliphatic carbocycles. The van der Waals surface area contributed by atoms with Gasteiger partial charge in [-0.15, -0.1) is 13.2 Å². The molecule has 2 rings (SSSR count). The molecule has 1 saturated heterocycles. The highest BCUT2D eigenvalue weighted by molar-refractivity contribution is 7.92. The number of rotatable bonds is 9. The molecule has 1 fully saturated rings. The highest BCUT2D eigenvalue weighted by Crippen LogP contribution is 2.40. The van der Waals surface area contributed by atoms with Crippen LogP contribution in [0.25, 0.3) is 0 Å². The van der Waals surface area contributed by atoms with Crippen molar-refractivity contribution >= 4 is 17.0 Å². The summed E-state index contributed by atoms with van der Waals surface area (Å²) in [5.74, 6) is 0. The van der Waals surface area contributed by atoms with Gasteiger partial charge < -0.3 is 9.31 Å². The minimum absolute atomic E-state index is 0.302. The summed E-state index contributed by atoms with van der Waals surface area (Å²) < 4.78 is 38.8. The van der Waals surface area contributed by atoms with Gasteiger partial charge in [-0.3, -0.25) is 0 Å². The molecular formula is C21H31BO4S. The Balaban J connectivity index is 2.30. The van der Waals surface area contributed by atoms with Crippen LogP contribution in [-0.2, 0) is 19.1 Å². The lowest BCUT2D eigenvalue weighted by atomic mass is 9.76. The molecule has 4 nitrogen and oxygen atoms in total. The Hall–Kier alpha value is -1.37. The quantitative estimate of drug-likeness (QED) is 0.347. The van der Waals surface area contributed by atoms with Crippen molar-refractivity contribution in [3.63, 3.8) is 0 Å². The van der Waals surface area contributed by atoms with Gasteiger partial charge in [0.15, 0.2) is 9.84 Å². The van der Waals surface area contributed by atoms with Crippen molar-refractivity contribution in [1.29, 1.82) is 0 Å². The third-order valence-electron chi connectivity index (χ3n) is 5.54. The number of benzene rings is 1. The van der Waals surface area contributed by atoms with Crippen molar-refractivity contribution < 1.29 is 17.7 Å². The number of hydrogen-bond donors (Lipinski definition) is 0. The molecule has 1 atom stereocenters. The van der Waals surface area contributed by atoms with Crippen LogP contribution in [0.3, 0.4) is 0 Å². The summed E-state index contributed by atoms with van der Waals surface area (Å²) in [6, 6.07) is 8.53. The fourth-order valence-electron chi connectivity index (χ4n) is 3.08. The van der Waals surface area contributed by atoms with Crippen LogP contribution >= 0.6 is 0 Å². The molecule has 6 heteroatoms. The van der Waals surface area contributed by atoms with E-state index in [0.717, 1.165) is 19.3 Å². The van der Waals surface area contributed by atoms with Crippen molar-refractivity contribution in [2.75, 3.05) is 0 Å². The first-order valence-corrected chi connectivity index (χ1v) is 11.0. The summed E-state index contributed by atoms with van der Waals surface area (Å²) in [5, 5.41) is -0.751. The highest BCUT2D eigenvalue weighted by atomic mass is 32.2. The van der Waals surface area contributed by atoms with E-state index in [-0.39, 0.29) is 0 Å².